The van der Waals surface area contributed by atoms with Crippen molar-refractivity contribution in [2.45, 2.75) is 31.3 Å². The summed E-state index contributed by atoms with van der Waals surface area (Å²) >= 11 is 0. The van der Waals surface area contributed by atoms with E-state index in [1.807, 2.05) is 0 Å². The van der Waals surface area contributed by atoms with Crippen LogP contribution < -0.4 is 22.5 Å². The number of hydrogen-bond donors (Lipinski definition) is 6. The molecular formula is C16H26N6O4. The number of aliphatic imine (C=N–C) groups is 1. The van der Waals surface area contributed by atoms with Crippen molar-refractivity contribution in [1.29, 1.82) is 0 Å². The number of hydrogen-bond acceptors (Lipinski definition) is 6. The Morgan fingerprint density at radius 2 is 1.85 bits per heavy atom. The van der Waals surface area contributed by atoms with Gasteiger partial charge in [0.25, 0.3) is 0 Å². The maximum atomic E-state index is 12.4. The van der Waals surface area contributed by atoms with Gasteiger partial charge in [0.2, 0.25) is 11.8 Å². The van der Waals surface area contributed by atoms with Crippen LogP contribution in [0.4, 0.5) is 0 Å². The minimum atomic E-state index is -0.952. The van der Waals surface area contributed by atoms with Gasteiger partial charge in [0.15, 0.2) is 5.96 Å². The summed E-state index contributed by atoms with van der Waals surface area (Å²) in [5.74, 6) is -1.20. The van der Waals surface area contributed by atoms with Gasteiger partial charge in [-0.15, -0.1) is 0 Å². The van der Waals surface area contributed by atoms with Crippen molar-refractivity contribution in [1.82, 2.24) is 10.4 Å². The number of hydroxylamine groups is 2. The van der Waals surface area contributed by atoms with E-state index in [-0.39, 0.29) is 24.6 Å². The highest BCUT2D eigenvalue weighted by Crippen LogP contribution is 2.12. The number of primary amides is 1. The first-order chi connectivity index (χ1) is 12.2. The summed E-state index contributed by atoms with van der Waals surface area (Å²) in [5.41, 5.74) is 16.6. The molecule has 0 fully saturated rings. The van der Waals surface area contributed by atoms with Gasteiger partial charge >= 0.3 is 0 Å². The van der Waals surface area contributed by atoms with Crippen LogP contribution in [0.2, 0.25) is 0 Å². The topological polar surface area (TPSA) is 180 Å². The number of phenolic OH excluding ortho intramolecular Hbond substituents is 1. The average Bonchev–Trinajstić information content (AvgIpc) is 2.55. The fourth-order valence-corrected chi connectivity index (χ4v) is 2.34. The fraction of sp³-hybridized carbons (Fsp3) is 0.438. The van der Waals surface area contributed by atoms with Crippen LogP contribution in [0.15, 0.2) is 29.3 Å². The number of aromatic hydroxyl groups is 1. The number of rotatable bonds is 10. The highest BCUT2D eigenvalue weighted by Gasteiger charge is 2.26. The Bertz CT molecular complexity index is 628. The Kier molecular flexibility index (Phi) is 8.32. The van der Waals surface area contributed by atoms with Crippen LogP contribution >= 0.6 is 0 Å². The number of phenols is 1. The summed E-state index contributed by atoms with van der Waals surface area (Å²) in [4.78, 5) is 27.9. The summed E-state index contributed by atoms with van der Waals surface area (Å²) in [6, 6.07) is 4.37. The fourth-order valence-electron chi connectivity index (χ4n) is 2.34. The molecule has 0 saturated heterocycles. The van der Waals surface area contributed by atoms with E-state index in [1.165, 1.54) is 19.2 Å². The molecule has 1 aromatic rings. The van der Waals surface area contributed by atoms with Gasteiger partial charge in [0.1, 0.15) is 17.8 Å². The molecule has 0 bridgehead atoms. The van der Waals surface area contributed by atoms with Crippen molar-refractivity contribution in [3.05, 3.63) is 29.8 Å². The van der Waals surface area contributed by atoms with E-state index in [2.05, 4.69) is 10.3 Å². The van der Waals surface area contributed by atoms with Crippen molar-refractivity contribution < 1.29 is 19.9 Å². The molecule has 0 aromatic heterocycles. The molecule has 0 radical (unpaired) electrons. The zero-order chi connectivity index (χ0) is 19.7. The van der Waals surface area contributed by atoms with Crippen molar-refractivity contribution >= 4 is 17.8 Å². The van der Waals surface area contributed by atoms with E-state index in [0.29, 0.717) is 18.5 Å². The number of nitrogens with two attached hydrogens (primary N) is 3. The van der Waals surface area contributed by atoms with Gasteiger partial charge in [-0.3, -0.25) is 14.6 Å². The molecule has 1 aromatic carbocycles. The normalized spacial score (nSPS) is 13.0. The zero-order valence-electron chi connectivity index (χ0n) is 14.6. The summed E-state index contributed by atoms with van der Waals surface area (Å²) in [7, 11) is 1.34. The smallest absolute Gasteiger partial charge is 0.240 e. The van der Waals surface area contributed by atoms with E-state index < -0.39 is 23.9 Å². The molecule has 0 aliphatic rings. The van der Waals surface area contributed by atoms with Gasteiger partial charge in [-0.05, 0) is 30.5 Å². The molecule has 1 unspecified atom stereocenters. The quantitative estimate of drug-likeness (QED) is 0.128. The monoisotopic (exact) mass is 366 g/mol. The molecule has 0 saturated carbocycles. The van der Waals surface area contributed by atoms with Gasteiger partial charge in [-0.1, -0.05) is 12.1 Å². The first kappa shape index (κ1) is 21.2. The summed E-state index contributed by atoms with van der Waals surface area (Å²) in [6.07, 6.45) is 0.900. The Balaban J connectivity index is 2.71. The third kappa shape index (κ3) is 7.36. The summed E-state index contributed by atoms with van der Waals surface area (Å²) in [5, 5.41) is 22.3. The molecule has 26 heavy (non-hydrogen) atoms. The third-order valence-corrected chi connectivity index (χ3v) is 3.72. The van der Waals surface area contributed by atoms with Crippen LogP contribution in [0, 0.1) is 0 Å². The lowest BCUT2D eigenvalue weighted by Crippen LogP contribution is -2.52. The second-order valence-electron chi connectivity index (χ2n) is 5.87. The molecular weight excluding hydrogens is 340 g/mol. The van der Waals surface area contributed by atoms with Crippen molar-refractivity contribution in [3.63, 3.8) is 0 Å². The molecule has 144 valence electrons. The number of benzene rings is 1. The molecule has 0 heterocycles. The molecule has 1 rings (SSSR count). The predicted molar refractivity (Wildman–Crippen MR) is 96.2 cm³/mol. The number of guanidine groups is 1. The van der Waals surface area contributed by atoms with E-state index >= 15 is 0 Å². The number of likely N-dealkylation sites (N-methyl/N-ethyl adjacent to an activating group) is 1. The first-order valence-corrected chi connectivity index (χ1v) is 8.05. The van der Waals surface area contributed by atoms with Crippen molar-refractivity contribution in [3.8, 4) is 5.75 Å². The molecule has 2 amide bonds. The molecule has 9 N–H and O–H groups in total. The maximum absolute atomic E-state index is 12.4. The molecule has 2 atom stereocenters. The van der Waals surface area contributed by atoms with Gasteiger partial charge in [-0.25, -0.2) is 0 Å². The third-order valence-electron chi connectivity index (χ3n) is 3.72. The van der Waals surface area contributed by atoms with Crippen LogP contribution in [-0.4, -0.2) is 58.8 Å². The van der Waals surface area contributed by atoms with Gasteiger partial charge in [0.05, 0.1) is 0 Å². The Hall–Kier alpha value is -2.85. The number of carbonyl (C=O) groups is 2. The van der Waals surface area contributed by atoms with E-state index in [1.54, 1.807) is 12.1 Å². The van der Waals surface area contributed by atoms with Crippen LogP contribution in [0.5, 0.6) is 5.75 Å². The summed E-state index contributed by atoms with van der Waals surface area (Å²) < 4.78 is 0. The highest BCUT2D eigenvalue weighted by atomic mass is 16.5. The molecule has 0 aliphatic carbocycles. The second-order valence-corrected chi connectivity index (χ2v) is 5.87. The van der Waals surface area contributed by atoms with Gasteiger partial charge in [-0.2, -0.15) is 5.06 Å². The van der Waals surface area contributed by atoms with E-state index in [0.717, 1.165) is 5.06 Å². The lowest BCUT2D eigenvalue weighted by atomic mass is 10.0. The Labute approximate surface area is 151 Å². The molecule has 0 spiro atoms. The Morgan fingerprint density at radius 1 is 1.23 bits per heavy atom. The SMILES string of the molecule is CN(O)C(CCCN=C(N)N)C(=O)N[C@@H](Cc1ccc(O)cc1)C(N)=O. The van der Waals surface area contributed by atoms with Crippen LogP contribution in [0.25, 0.3) is 0 Å². The highest BCUT2D eigenvalue weighted by molar-refractivity contribution is 5.89. The lowest BCUT2D eigenvalue weighted by Gasteiger charge is -2.24. The first-order valence-electron chi connectivity index (χ1n) is 8.05. The largest absolute Gasteiger partial charge is 0.508 e. The van der Waals surface area contributed by atoms with Crippen LogP contribution in [0.1, 0.15) is 18.4 Å². The standard InChI is InChI=1S/C16H26N6O4/c1-22(26)13(3-2-8-20-16(18)19)15(25)21-12(14(17)24)9-10-4-6-11(23)7-5-10/h4-7,12-13,23,26H,2-3,8-9H2,1H3,(H2,17,24)(H,21,25)(H4,18,19,20)/t12-,13?/m0/s1. The average molecular weight is 366 g/mol. The number of nitrogens with zero attached hydrogens (tertiary/aromatic N) is 2. The lowest BCUT2D eigenvalue weighted by molar-refractivity contribution is -0.149. The van der Waals surface area contributed by atoms with Crippen molar-refractivity contribution in [2.75, 3.05) is 13.6 Å². The van der Waals surface area contributed by atoms with Crippen LogP contribution in [-0.2, 0) is 16.0 Å². The van der Waals surface area contributed by atoms with Gasteiger partial charge in [0, 0.05) is 20.0 Å². The minimum absolute atomic E-state index is 0.0500. The molecule has 10 nitrogen and oxygen atoms in total. The molecule has 10 heteroatoms. The van der Waals surface area contributed by atoms with Crippen LogP contribution in [0.3, 0.4) is 0 Å². The van der Waals surface area contributed by atoms with E-state index in [4.69, 9.17) is 17.2 Å². The minimum Gasteiger partial charge on any atom is -0.508 e. The second kappa shape index (κ2) is 10.2. The number of carbonyl (C=O) groups excluding carboxylic acids is 2. The molecule has 0 aliphatic heterocycles. The predicted octanol–water partition coefficient (Wildman–Crippen LogP) is -1.35. The van der Waals surface area contributed by atoms with Gasteiger partial charge < -0.3 is 32.8 Å². The zero-order valence-corrected chi connectivity index (χ0v) is 14.6. The number of amides is 2. The number of nitrogens with one attached hydrogen (secondary N) is 1. The van der Waals surface area contributed by atoms with Crippen molar-refractivity contribution in [2.24, 2.45) is 22.2 Å². The summed E-state index contributed by atoms with van der Waals surface area (Å²) in [6.45, 7) is 0.312. The van der Waals surface area contributed by atoms with E-state index in [9.17, 15) is 19.9 Å². The Morgan fingerprint density at radius 3 is 2.35 bits per heavy atom. The maximum Gasteiger partial charge on any atom is 0.240 e.